The van der Waals surface area contributed by atoms with Crippen LogP contribution in [0.4, 0.5) is 0 Å². The fraction of sp³-hybridized carbons (Fsp3) is 0.250. The van der Waals surface area contributed by atoms with Crippen LogP contribution in [0.1, 0.15) is 25.3 Å². The van der Waals surface area contributed by atoms with Gasteiger partial charge in [0.05, 0.1) is 5.39 Å². The summed E-state index contributed by atoms with van der Waals surface area (Å²) in [6.07, 6.45) is 1.64. The first kappa shape index (κ1) is 9.00. The van der Waals surface area contributed by atoms with Crippen LogP contribution >= 0.6 is 0 Å². The second-order valence-corrected chi connectivity index (χ2v) is 3.83. The van der Waals surface area contributed by atoms with Gasteiger partial charge >= 0.3 is 0 Å². The van der Waals surface area contributed by atoms with E-state index in [1.165, 1.54) is 5.56 Å². The molecule has 0 aliphatic carbocycles. The zero-order valence-corrected chi connectivity index (χ0v) is 8.44. The van der Waals surface area contributed by atoms with Crippen molar-refractivity contribution in [2.24, 2.45) is 0 Å². The summed E-state index contributed by atoms with van der Waals surface area (Å²) in [5.41, 5.74) is 2.14. The molecule has 0 unspecified atom stereocenters. The molecule has 0 atom stereocenters. The molecule has 0 spiro atoms. The normalized spacial score (nSPS) is 11.1. The van der Waals surface area contributed by atoms with E-state index in [-0.39, 0.29) is 0 Å². The van der Waals surface area contributed by atoms with Crippen molar-refractivity contribution < 1.29 is 9.94 Å². The van der Waals surface area contributed by atoms with Gasteiger partial charge in [-0.1, -0.05) is 19.9 Å². The Labute approximate surface area is 83.4 Å². The van der Waals surface area contributed by atoms with Gasteiger partial charge in [0, 0.05) is 16.9 Å². The number of aromatic nitrogens is 1. The molecule has 1 N–H and O–H groups in total. The lowest BCUT2D eigenvalue weighted by atomic mass is 10.0. The summed E-state index contributed by atoms with van der Waals surface area (Å²) in [7, 11) is 0. The first-order valence-electron chi connectivity index (χ1n) is 4.82. The Morgan fingerprint density at radius 3 is 2.71 bits per heavy atom. The van der Waals surface area contributed by atoms with E-state index in [0.717, 1.165) is 15.6 Å². The van der Waals surface area contributed by atoms with Crippen molar-refractivity contribution in [3.63, 3.8) is 0 Å². The largest absolute Gasteiger partial charge is 0.285 e. The molecule has 1 aromatic heterocycles. The van der Waals surface area contributed by atoms with Gasteiger partial charge in [-0.25, -0.2) is 0 Å². The van der Waals surface area contributed by atoms with Gasteiger partial charge in [0.2, 0.25) is 6.20 Å². The number of benzene rings is 1. The first-order valence-corrected chi connectivity index (χ1v) is 4.82. The molecule has 0 radical (unpaired) electrons. The van der Waals surface area contributed by atoms with Crippen molar-refractivity contribution >= 4 is 10.9 Å². The Balaban J connectivity index is 2.67. The van der Waals surface area contributed by atoms with Gasteiger partial charge in [-0.05, 0) is 23.6 Å². The highest BCUT2D eigenvalue weighted by molar-refractivity contribution is 5.76. The maximum Gasteiger partial charge on any atom is 0.264 e. The average Bonchev–Trinajstić information content (AvgIpc) is 2.17. The van der Waals surface area contributed by atoms with Gasteiger partial charge < -0.3 is 0 Å². The third-order valence-corrected chi connectivity index (χ3v) is 2.47. The van der Waals surface area contributed by atoms with Gasteiger partial charge in [-0.2, -0.15) is 0 Å². The lowest BCUT2D eigenvalue weighted by Crippen LogP contribution is -2.29. The van der Waals surface area contributed by atoms with E-state index in [1.807, 2.05) is 18.2 Å². The summed E-state index contributed by atoms with van der Waals surface area (Å²) in [5, 5.41) is 10.6. The molecule has 14 heavy (non-hydrogen) atoms. The number of hydrogen-bond donors (Lipinski definition) is 1. The molecule has 2 rings (SSSR count). The van der Waals surface area contributed by atoms with E-state index < -0.39 is 0 Å². The topological polar surface area (TPSA) is 24.1 Å². The molecule has 0 bridgehead atoms. The van der Waals surface area contributed by atoms with Crippen molar-refractivity contribution in [1.82, 2.24) is 0 Å². The molecule has 0 amide bonds. The van der Waals surface area contributed by atoms with Crippen LogP contribution in [0.5, 0.6) is 0 Å². The second kappa shape index (κ2) is 3.29. The Morgan fingerprint density at radius 2 is 2.00 bits per heavy atom. The van der Waals surface area contributed by atoms with Crippen LogP contribution in [0.25, 0.3) is 10.9 Å². The van der Waals surface area contributed by atoms with Gasteiger partial charge in [-0.15, -0.1) is 0 Å². The lowest BCUT2D eigenvalue weighted by Gasteiger charge is -2.04. The van der Waals surface area contributed by atoms with Crippen LogP contribution in [0.15, 0.2) is 36.5 Å². The van der Waals surface area contributed by atoms with Crippen molar-refractivity contribution in [2.45, 2.75) is 19.8 Å². The molecular formula is C12H14NO+. The molecule has 0 aliphatic rings. The quantitative estimate of drug-likeness (QED) is 0.539. The molecule has 72 valence electrons. The van der Waals surface area contributed by atoms with Gasteiger partial charge in [-0.3, -0.25) is 5.21 Å². The molecule has 2 heteroatoms. The van der Waals surface area contributed by atoms with Crippen LogP contribution < -0.4 is 4.73 Å². The predicted octanol–water partition coefficient (Wildman–Crippen LogP) is 2.49. The van der Waals surface area contributed by atoms with Crippen LogP contribution in [-0.4, -0.2) is 5.21 Å². The molecule has 0 saturated heterocycles. The third-order valence-electron chi connectivity index (χ3n) is 2.47. The molecule has 0 saturated carbocycles. The highest BCUT2D eigenvalue weighted by atomic mass is 16.5. The first-order chi connectivity index (χ1) is 6.68. The van der Waals surface area contributed by atoms with Crippen molar-refractivity contribution in [1.29, 1.82) is 0 Å². The Bertz CT molecular complexity index is 463. The van der Waals surface area contributed by atoms with Crippen LogP contribution in [-0.2, 0) is 0 Å². The number of hydrogen-bond acceptors (Lipinski definition) is 1. The van der Waals surface area contributed by atoms with E-state index in [2.05, 4.69) is 26.0 Å². The molecular weight excluding hydrogens is 174 g/mol. The summed E-state index contributed by atoms with van der Waals surface area (Å²) in [6.45, 7) is 4.33. The van der Waals surface area contributed by atoms with Crippen molar-refractivity contribution in [2.75, 3.05) is 0 Å². The van der Waals surface area contributed by atoms with Crippen LogP contribution in [0, 0.1) is 0 Å². The zero-order valence-electron chi connectivity index (χ0n) is 8.44. The molecule has 0 aliphatic heterocycles. The summed E-state index contributed by atoms with van der Waals surface area (Å²) in [6, 6.07) is 9.97. The summed E-state index contributed by atoms with van der Waals surface area (Å²) < 4.78 is 1.15. The van der Waals surface area contributed by atoms with E-state index in [4.69, 9.17) is 0 Å². The highest BCUT2D eigenvalue weighted by Gasteiger charge is 2.08. The van der Waals surface area contributed by atoms with Gasteiger partial charge in [0.15, 0.2) is 0 Å². The minimum absolute atomic E-state index is 0.520. The molecule has 1 heterocycles. The number of rotatable bonds is 1. The Kier molecular flexibility index (Phi) is 2.12. The molecule has 1 aromatic carbocycles. The summed E-state index contributed by atoms with van der Waals surface area (Å²) in [4.78, 5) is 0. The van der Waals surface area contributed by atoms with Gasteiger partial charge in [0.25, 0.3) is 5.52 Å². The monoisotopic (exact) mass is 188 g/mol. The van der Waals surface area contributed by atoms with E-state index in [0.29, 0.717) is 5.92 Å². The summed E-state index contributed by atoms with van der Waals surface area (Å²) >= 11 is 0. The molecule has 2 aromatic rings. The van der Waals surface area contributed by atoms with Crippen molar-refractivity contribution in [3.8, 4) is 0 Å². The minimum Gasteiger partial charge on any atom is -0.285 e. The molecule has 0 fully saturated rings. The number of pyridine rings is 1. The van der Waals surface area contributed by atoms with Crippen molar-refractivity contribution in [3.05, 3.63) is 42.1 Å². The second-order valence-electron chi connectivity index (χ2n) is 3.83. The predicted molar refractivity (Wildman–Crippen MR) is 55.4 cm³/mol. The van der Waals surface area contributed by atoms with Crippen LogP contribution in [0.2, 0.25) is 0 Å². The number of fused-ring (bicyclic) bond motifs is 1. The van der Waals surface area contributed by atoms with E-state index in [9.17, 15) is 5.21 Å². The fourth-order valence-corrected chi connectivity index (χ4v) is 1.58. The third kappa shape index (κ3) is 1.43. The maximum absolute atomic E-state index is 9.52. The molecule has 2 nitrogen and oxygen atoms in total. The minimum atomic E-state index is 0.520. The lowest BCUT2D eigenvalue weighted by molar-refractivity contribution is -0.884. The Hall–Kier alpha value is -1.57. The van der Waals surface area contributed by atoms with Crippen LogP contribution in [0.3, 0.4) is 0 Å². The smallest absolute Gasteiger partial charge is 0.264 e. The zero-order chi connectivity index (χ0) is 10.1. The average molecular weight is 188 g/mol. The van der Waals surface area contributed by atoms with E-state index in [1.54, 1.807) is 6.20 Å². The Morgan fingerprint density at radius 1 is 1.21 bits per heavy atom. The van der Waals surface area contributed by atoms with E-state index >= 15 is 0 Å². The van der Waals surface area contributed by atoms with Gasteiger partial charge in [0.1, 0.15) is 0 Å². The number of nitrogens with zero attached hydrogens (tertiary/aromatic N) is 1. The standard InChI is InChI=1S/C12H14NO/c1-9(2)10-5-6-12-11(8-10)4-3-7-13(12)14/h3-9,14H,1-2H3/q+1. The SMILES string of the molecule is CC(C)c1ccc2c(ccc[n+]2O)c1. The summed E-state index contributed by atoms with van der Waals surface area (Å²) in [5.74, 6) is 0.520. The highest BCUT2D eigenvalue weighted by Crippen LogP contribution is 2.18. The maximum atomic E-state index is 9.52. The fourth-order valence-electron chi connectivity index (χ4n) is 1.58.